The number of carbonyl (C=O) groups excluding carboxylic acids is 1. The summed E-state index contributed by atoms with van der Waals surface area (Å²) in [5, 5.41) is 0. The molecular formula is C18H25NO. The predicted octanol–water partition coefficient (Wildman–Crippen LogP) is 4.20. The third-order valence-corrected chi connectivity index (χ3v) is 4.29. The van der Waals surface area contributed by atoms with E-state index in [-0.39, 0.29) is 6.04 Å². The van der Waals surface area contributed by atoms with Crippen molar-refractivity contribution < 1.29 is 4.79 Å². The van der Waals surface area contributed by atoms with Crippen LogP contribution in [0.1, 0.15) is 44.7 Å². The molecule has 1 aromatic carbocycles. The topological polar surface area (TPSA) is 20.3 Å². The van der Waals surface area contributed by atoms with E-state index in [0.717, 1.165) is 19.4 Å². The van der Waals surface area contributed by atoms with Gasteiger partial charge >= 0.3 is 0 Å². The molecule has 0 spiro atoms. The molecule has 1 heterocycles. The average Bonchev–Trinajstić information content (AvgIpc) is 2.80. The largest absolute Gasteiger partial charge is 0.336 e. The minimum atomic E-state index is 0.184. The number of amides is 1. The number of likely N-dealkylation sites (tertiary alicyclic amines) is 1. The highest BCUT2D eigenvalue weighted by molar-refractivity contribution is 5.79. The predicted molar refractivity (Wildman–Crippen MR) is 83.3 cm³/mol. The normalized spacial score (nSPS) is 21.8. The maximum atomic E-state index is 12.2. The average molecular weight is 271 g/mol. The molecule has 1 saturated heterocycles. The molecule has 0 aromatic heterocycles. The maximum absolute atomic E-state index is 12.2. The van der Waals surface area contributed by atoms with Crippen LogP contribution in [0.15, 0.2) is 43.0 Å². The molecule has 3 atom stereocenters. The van der Waals surface area contributed by atoms with E-state index >= 15 is 0 Å². The van der Waals surface area contributed by atoms with Crippen LogP contribution in [0.5, 0.6) is 0 Å². The summed E-state index contributed by atoms with van der Waals surface area (Å²) in [7, 11) is 0. The second-order valence-electron chi connectivity index (χ2n) is 6.07. The van der Waals surface area contributed by atoms with Crippen molar-refractivity contribution in [1.29, 1.82) is 0 Å². The zero-order chi connectivity index (χ0) is 14.5. The van der Waals surface area contributed by atoms with E-state index in [4.69, 9.17) is 0 Å². The van der Waals surface area contributed by atoms with Crippen molar-refractivity contribution in [3.63, 3.8) is 0 Å². The van der Waals surface area contributed by atoms with Crippen LogP contribution in [-0.2, 0) is 4.79 Å². The first-order valence-corrected chi connectivity index (χ1v) is 7.57. The minimum Gasteiger partial charge on any atom is -0.336 e. The summed E-state index contributed by atoms with van der Waals surface area (Å²) in [5.41, 5.74) is 1.22. The minimum absolute atomic E-state index is 0.184. The third kappa shape index (κ3) is 3.50. The SMILES string of the molecule is C=CCC(C)CC1CC(=O)N([C@@H](C)c2ccccc2)C1. The Morgan fingerprint density at radius 2 is 2.05 bits per heavy atom. The lowest BCUT2D eigenvalue weighted by Crippen LogP contribution is -2.28. The zero-order valence-electron chi connectivity index (χ0n) is 12.6. The first-order valence-electron chi connectivity index (χ1n) is 7.57. The van der Waals surface area contributed by atoms with Gasteiger partial charge in [-0.15, -0.1) is 6.58 Å². The van der Waals surface area contributed by atoms with Crippen molar-refractivity contribution in [2.75, 3.05) is 6.54 Å². The highest BCUT2D eigenvalue weighted by Crippen LogP contribution is 2.31. The third-order valence-electron chi connectivity index (χ3n) is 4.29. The molecule has 1 amide bonds. The van der Waals surface area contributed by atoms with Crippen LogP contribution in [0, 0.1) is 11.8 Å². The van der Waals surface area contributed by atoms with Crippen LogP contribution < -0.4 is 0 Å². The van der Waals surface area contributed by atoms with Gasteiger partial charge in [-0.3, -0.25) is 4.79 Å². The standard InChI is InChI=1S/C18H25NO/c1-4-8-14(2)11-16-12-18(20)19(13-16)15(3)17-9-6-5-7-10-17/h4-7,9-10,14-16H,1,8,11-13H2,2-3H3/t14?,15-,16?/m0/s1. The summed E-state index contributed by atoms with van der Waals surface area (Å²) >= 11 is 0. The number of rotatable bonds is 6. The Kier molecular flexibility index (Phi) is 4.99. The van der Waals surface area contributed by atoms with Crippen LogP contribution in [0.3, 0.4) is 0 Å². The number of carbonyl (C=O) groups is 1. The van der Waals surface area contributed by atoms with E-state index in [2.05, 4.69) is 32.6 Å². The van der Waals surface area contributed by atoms with E-state index in [1.165, 1.54) is 5.56 Å². The molecule has 2 nitrogen and oxygen atoms in total. The van der Waals surface area contributed by atoms with Crippen LogP contribution >= 0.6 is 0 Å². The van der Waals surface area contributed by atoms with Crippen LogP contribution in [0.25, 0.3) is 0 Å². The van der Waals surface area contributed by atoms with Crippen molar-refractivity contribution in [1.82, 2.24) is 4.90 Å². The highest BCUT2D eigenvalue weighted by Gasteiger charge is 2.33. The van der Waals surface area contributed by atoms with Crippen molar-refractivity contribution in [3.05, 3.63) is 48.6 Å². The molecule has 0 bridgehead atoms. The summed E-state index contributed by atoms with van der Waals surface area (Å²) < 4.78 is 0. The Bertz CT molecular complexity index is 454. The fourth-order valence-electron chi connectivity index (χ4n) is 3.20. The second-order valence-corrected chi connectivity index (χ2v) is 6.07. The molecule has 1 fully saturated rings. The molecule has 20 heavy (non-hydrogen) atoms. The van der Waals surface area contributed by atoms with Gasteiger partial charge in [0.05, 0.1) is 6.04 Å². The van der Waals surface area contributed by atoms with E-state index in [1.54, 1.807) is 0 Å². The van der Waals surface area contributed by atoms with Gasteiger partial charge in [-0.25, -0.2) is 0 Å². The summed E-state index contributed by atoms with van der Waals surface area (Å²) in [6.07, 6.45) is 4.85. The van der Waals surface area contributed by atoms with Crippen LogP contribution in [-0.4, -0.2) is 17.4 Å². The molecule has 108 valence electrons. The van der Waals surface area contributed by atoms with Gasteiger partial charge in [0.2, 0.25) is 5.91 Å². The van der Waals surface area contributed by atoms with Crippen molar-refractivity contribution in [3.8, 4) is 0 Å². The lowest BCUT2D eigenvalue weighted by Gasteiger charge is -2.25. The summed E-state index contributed by atoms with van der Waals surface area (Å²) in [6.45, 7) is 9.07. The lowest BCUT2D eigenvalue weighted by atomic mass is 9.93. The van der Waals surface area contributed by atoms with E-state index < -0.39 is 0 Å². The molecule has 0 saturated carbocycles. The van der Waals surface area contributed by atoms with E-state index in [9.17, 15) is 4.79 Å². The molecule has 0 aliphatic carbocycles. The fourth-order valence-corrected chi connectivity index (χ4v) is 3.20. The first kappa shape index (κ1) is 14.8. The Balaban J connectivity index is 1.97. The number of hydrogen-bond donors (Lipinski definition) is 0. The van der Waals surface area contributed by atoms with Crippen molar-refractivity contribution in [2.24, 2.45) is 11.8 Å². The highest BCUT2D eigenvalue weighted by atomic mass is 16.2. The Labute approximate surface area is 122 Å². The Morgan fingerprint density at radius 3 is 2.70 bits per heavy atom. The fraction of sp³-hybridized carbons (Fsp3) is 0.500. The molecule has 1 aliphatic heterocycles. The van der Waals surface area contributed by atoms with Gasteiger partial charge in [0, 0.05) is 13.0 Å². The molecule has 2 heteroatoms. The molecular weight excluding hydrogens is 246 g/mol. The van der Waals surface area contributed by atoms with Crippen molar-refractivity contribution in [2.45, 2.75) is 39.2 Å². The zero-order valence-corrected chi connectivity index (χ0v) is 12.6. The van der Waals surface area contributed by atoms with Gasteiger partial charge in [0.25, 0.3) is 0 Å². The lowest BCUT2D eigenvalue weighted by molar-refractivity contribution is -0.129. The Hall–Kier alpha value is -1.57. The first-order chi connectivity index (χ1) is 9.61. The monoisotopic (exact) mass is 271 g/mol. The van der Waals surface area contributed by atoms with Gasteiger partial charge in [0.15, 0.2) is 0 Å². The van der Waals surface area contributed by atoms with Crippen molar-refractivity contribution >= 4 is 5.91 Å². The van der Waals surface area contributed by atoms with Gasteiger partial charge in [0.1, 0.15) is 0 Å². The molecule has 2 unspecified atom stereocenters. The summed E-state index contributed by atoms with van der Waals surface area (Å²) in [5.74, 6) is 1.43. The second kappa shape index (κ2) is 6.74. The summed E-state index contributed by atoms with van der Waals surface area (Å²) in [6, 6.07) is 10.5. The molecule has 1 aromatic rings. The van der Waals surface area contributed by atoms with E-state index in [1.807, 2.05) is 29.2 Å². The van der Waals surface area contributed by atoms with Gasteiger partial charge in [-0.05, 0) is 37.2 Å². The van der Waals surface area contributed by atoms with Crippen LogP contribution in [0.4, 0.5) is 0 Å². The number of benzene rings is 1. The van der Waals surface area contributed by atoms with Crippen LogP contribution in [0.2, 0.25) is 0 Å². The molecule has 1 aliphatic rings. The molecule has 2 rings (SSSR count). The molecule has 0 N–H and O–H groups in total. The number of allylic oxidation sites excluding steroid dienone is 1. The van der Waals surface area contributed by atoms with Gasteiger partial charge < -0.3 is 4.90 Å². The van der Waals surface area contributed by atoms with Gasteiger partial charge in [-0.1, -0.05) is 43.3 Å². The summed E-state index contributed by atoms with van der Waals surface area (Å²) in [4.78, 5) is 14.3. The number of hydrogen-bond acceptors (Lipinski definition) is 1. The quantitative estimate of drug-likeness (QED) is 0.710. The smallest absolute Gasteiger partial charge is 0.223 e. The Morgan fingerprint density at radius 1 is 1.35 bits per heavy atom. The van der Waals surface area contributed by atoms with Gasteiger partial charge in [-0.2, -0.15) is 0 Å². The number of nitrogens with zero attached hydrogens (tertiary/aromatic N) is 1. The van der Waals surface area contributed by atoms with E-state index in [0.29, 0.717) is 24.2 Å². The maximum Gasteiger partial charge on any atom is 0.223 e. The molecule has 0 radical (unpaired) electrons.